The van der Waals surface area contributed by atoms with E-state index in [1.807, 2.05) is 18.2 Å². The SMILES string of the molecule is CC1CCC2C(CCCN2C(=O)c2cccc3[nH]ncc23)C1. The van der Waals surface area contributed by atoms with Gasteiger partial charge in [-0.2, -0.15) is 5.10 Å². The molecule has 0 radical (unpaired) electrons. The summed E-state index contributed by atoms with van der Waals surface area (Å²) in [7, 11) is 0. The van der Waals surface area contributed by atoms with Crippen molar-refractivity contribution in [3.63, 3.8) is 0 Å². The number of piperidine rings is 1. The predicted octanol–water partition coefficient (Wildman–Crippen LogP) is 3.60. The van der Waals surface area contributed by atoms with Crippen molar-refractivity contribution in [3.05, 3.63) is 30.0 Å². The molecule has 2 aromatic rings. The van der Waals surface area contributed by atoms with Crippen molar-refractivity contribution in [1.82, 2.24) is 15.1 Å². The van der Waals surface area contributed by atoms with Gasteiger partial charge in [-0.25, -0.2) is 0 Å². The van der Waals surface area contributed by atoms with Crippen LogP contribution < -0.4 is 0 Å². The van der Waals surface area contributed by atoms with E-state index in [9.17, 15) is 4.79 Å². The molecule has 4 nitrogen and oxygen atoms in total. The molecule has 2 heterocycles. The Morgan fingerprint density at radius 1 is 1.32 bits per heavy atom. The maximum absolute atomic E-state index is 13.1. The first-order valence-corrected chi connectivity index (χ1v) is 8.47. The summed E-state index contributed by atoms with van der Waals surface area (Å²) in [5.41, 5.74) is 1.74. The van der Waals surface area contributed by atoms with E-state index in [2.05, 4.69) is 22.0 Å². The van der Waals surface area contributed by atoms with Crippen molar-refractivity contribution in [2.75, 3.05) is 6.54 Å². The number of hydrogen-bond donors (Lipinski definition) is 1. The second-order valence-corrected chi connectivity index (χ2v) is 7.02. The van der Waals surface area contributed by atoms with Gasteiger partial charge in [0.25, 0.3) is 5.91 Å². The van der Waals surface area contributed by atoms with E-state index >= 15 is 0 Å². The van der Waals surface area contributed by atoms with Gasteiger partial charge >= 0.3 is 0 Å². The summed E-state index contributed by atoms with van der Waals surface area (Å²) in [6, 6.07) is 6.30. The van der Waals surface area contributed by atoms with Crippen LogP contribution in [0.25, 0.3) is 10.9 Å². The number of hydrogen-bond acceptors (Lipinski definition) is 2. The maximum Gasteiger partial charge on any atom is 0.254 e. The highest BCUT2D eigenvalue weighted by molar-refractivity contribution is 6.06. The van der Waals surface area contributed by atoms with Crippen molar-refractivity contribution in [2.24, 2.45) is 11.8 Å². The number of carbonyl (C=O) groups is 1. The molecule has 1 aromatic heterocycles. The zero-order chi connectivity index (χ0) is 15.1. The number of carbonyl (C=O) groups excluding carboxylic acids is 1. The summed E-state index contributed by atoms with van der Waals surface area (Å²) >= 11 is 0. The number of rotatable bonds is 1. The van der Waals surface area contributed by atoms with Crippen LogP contribution in [0.5, 0.6) is 0 Å². The van der Waals surface area contributed by atoms with Gasteiger partial charge in [0.2, 0.25) is 0 Å². The number of H-pyrrole nitrogens is 1. The molecule has 0 spiro atoms. The molecule has 0 bridgehead atoms. The minimum absolute atomic E-state index is 0.191. The van der Waals surface area contributed by atoms with Crippen LogP contribution in [0.4, 0.5) is 0 Å². The minimum Gasteiger partial charge on any atom is -0.335 e. The molecule has 3 unspecified atom stereocenters. The fourth-order valence-electron chi connectivity index (χ4n) is 4.45. The first kappa shape index (κ1) is 13.8. The van der Waals surface area contributed by atoms with Crippen LogP contribution in [-0.4, -0.2) is 33.6 Å². The van der Waals surface area contributed by atoms with E-state index in [0.717, 1.165) is 35.3 Å². The number of nitrogens with one attached hydrogen (secondary N) is 1. The van der Waals surface area contributed by atoms with Crippen molar-refractivity contribution in [2.45, 2.75) is 45.1 Å². The van der Waals surface area contributed by atoms with E-state index in [4.69, 9.17) is 0 Å². The van der Waals surface area contributed by atoms with Gasteiger partial charge in [-0.1, -0.05) is 13.0 Å². The molecule has 116 valence electrons. The highest BCUT2D eigenvalue weighted by Crippen LogP contribution is 2.38. The number of aromatic amines is 1. The molecule has 1 aliphatic carbocycles. The van der Waals surface area contributed by atoms with Gasteiger partial charge in [0, 0.05) is 18.0 Å². The van der Waals surface area contributed by atoms with Gasteiger partial charge in [0.1, 0.15) is 0 Å². The van der Waals surface area contributed by atoms with E-state index in [1.54, 1.807) is 6.20 Å². The number of benzene rings is 1. The second kappa shape index (κ2) is 5.41. The van der Waals surface area contributed by atoms with Gasteiger partial charge in [0.05, 0.1) is 17.3 Å². The monoisotopic (exact) mass is 297 g/mol. The third-order valence-electron chi connectivity index (χ3n) is 5.55. The number of fused-ring (bicyclic) bond motifs is 2. The van der Waals surface area contributed by atoms with E-state index in [0.29, 0.717) is 12.0 Å². The topological polar surface area (TPSA) is 49.0 Å². The zero-order valence-corrected chi connectivity index (χ0v) is 13.1. The fourth-order valence-corrected chi connectivity index (χ4v) is 4.45. The molecule has 2 aliphatic rings. The summed E-state index contributed by atoms with van der Waals surface area (Å²) in [6.45, 7) is 3.26. The van der Waals surface area contributed by atoms with Crippen LogP contribution in [0.15, 0.2) is 24.4 Å². The van der Waals surface area contributed by atoms with Gasteiger partial charge in [0.15, 0.2) is 0 Å². The van der Waals surface area contributed by atoms with Crippen molar-refractivity contribution >= 4 is 16.8 Å². The minimum atomic E-state index is 0.191. The maximum atomic E-state index is 13.1. The number of aromatic nitrogens is 2. The lowest BCUT2D eigenvalue weighted by molar-refractivity contribution is 0.0323. The fraction of sp³-hybridized carbons (Fsp3) is 0.556. The van der Waals surface area contributed by atoms with Crippen molar-refractivity contribution in [1.29, 1.82) is 0 Å². The molecular weight excluding hydrogens is 274 g/mol. The van der Waals surface area contributed by atoms with Crippen LogP contribution in [-0.2, 0) is 0 Å². The first-order valence-electron chi connectivity index (χ1n) is 8.47. The Kier molecular flexibility index (Phi) is 3.40. The van der Waals surface area contributed by atoms with Crippen LogP contribution in [0.2, 0.25) is 0 Å². The Hall–Kier alpha value is -1.84. The Morgan fingerprint density at radius 3 is 3.14 bits per heavy atom. The molecule has 3 atom stereocenters. The molecule has 1 amide bonds. The Balaban J connectivity index is 1.65. The average Bonchev–Trinajstić information content (AvgIpc) is 3.01. The predicted molar refractivity (Wildman–Crippen MR) is 86.7 cm³/mol. The Bertz CT molecular complexity index is 692. The highest BCUT2D eigenvalue weighted by atomic mass is 16.2. The molecule has 4 rings (SSSR count). The van der Waals surface area contributed by atoms with Gasteiger partial charge in [-0.3, -0.25) is 9.89 Å². The third-order valence-corrected chi connectivity index (χ3v) is 5.55. The lowest BCUT2D eigenvalue weighted by Gasteiger charge is -2.45. The lowest BCUT2D eigenvalue weighted by Crippen LogP contribution is -2.50. The zero-order valence-electron chi connectivity index (χ0n) is 13.1. The van der Waals surface area contributed by atoms with Crippen molar-refractivity contribution in [3.8, 4) is 0 Å². The van der Waals surface area contributed by atoms with E-state index in [1.165, 1.54) is 25.7 Å². The summed E-state index contributed by atoms with van der Waals surface area (Å²) in [4.78, 5) is 15.3. The molecule has 22 heavy (non-hydrogen) atoms. The van der Waals surface area contributed by atoms with Crippen molar-refractivity contribution < 1.29 is 4.79 Å². The highest BCUT2D eigenvalue weighted by Gasteiger charge is 2.38. The van der Waals surface area contributed by atoms with E-state index < -0.39 is 0 Å². The molecular formula is C18H23N3O. The van der Waals surface area contributed by atoms with E-state index in [-0.39, 0.29) is 5.91 Å². The van der Waals surface area contributed by atoms with Gasteiger partial charge < -0.3 is 4.90 Å². The normalized spacial score (nSPS) is 28.6. The van der Waals surface area contributed by atoms with Gasteiger partial charge in [-0.15, -0.1) is 0 Å². The summed E-state index contributed by atoms with van der Waals surface area (Å²) in [5.74, 6) is 1.70. The van der Waals surface area contributed by atoms with Gasteiger partial charge in [-0.05, 0) is 56.1 Å². The number of nitrogens with zero attached hydrogens (tertiary/aromatic N) is 2. The molecule has 4 heteroatoms. The van der Waals surface area contributed by atoms with Crippen LogP contribution >= 0.6 is 0 Å². The largest absolute Gasteiger partial charge is 0.335 e. The van der Waals surface area contributed by atoms with Crippen LogP contribution in [0.3, 0.4) is 0 Å². The third kappa shape index (κ3) is 2.21. The molecule has 1 saturated carbocycles. The Labute approximate surface area is 130 Å². The Morgan fingerprint density at radius 2 is 2.23 bits per heavy atom. The molecule has 1 aliphatic heterocycles. The first-order chi connectivity index (χ1) is 10.7. The number of likely N-dealkylation sites (tertiary alicyclic amines) is 1. The standard InChI is InChI=1S/C18H23N3O/c1-12-7-8-17-13(10-12)4-3-9-21(17)18(22)14-5-2-6-16-15(14)11-19-20-16/h2,5-6,11-13,17H,3-4,7-10H2,1H3,(H,19,20). The van der Waals surface area contributed by atoms with Crippen LogP contribution in [0.1, 0.15) is 49.4 Å². The molecule has 1 N–H and O–H groups in total. The summed E-state index contributed by atoms with van der Waals surface area (Å²) in [6.07, 6.45) is 7.90. The molecule has 2 fully saturated rings. The molecule has 1 aromatic carbocycles. The quantitative estimate of drug-likeness (QED) is 0.874. The van der Waals surface area contributed by atoms with Crippen LogP contribution in [0, 0.1) is 11.8 Å². The average molecular weight is 297 g/mol. The summed E-state index contributed by atoms with van der Waals surface area (Å²) in [5, 5.41) is 7.99. The summed E-state index contributed by atoms with van der Waals surface area (Å²) < 4.78 is 0. The second-order valence-electron chi connectivity index (χ2n) is 7.02. The smallest absolute Gasteiger partial charge is 0.254 e. The number of amides is 1. The molecule has 1 saturated heterocycles. The lowest BCUT2D eigenvalue weighted by atomic mass is 9.74.